The van der Waals surface area contributed by atoms with Crippen LogP contribution in [0.25, 0.3) is 0 Å². The second kappa shape index (κ2) is 8.90. The van der Waals surface area contributed by atoms with Gasteiger partial charge in [0.1, 0.15) is 0 Å². The highest BCUT2D eigenvalue weighted by Crippen LogP contribution is 2.31. The standard InChI is InChI=1S/C20H20F3N5O/c21-20(22,23)17-16(18(29)25-11-13-5-2-1-3-6-13)12-26-19(28-17)27-15-8-4-7-14(9-15)10-24/h4,7-9,12-13H,1-3,5-6,11H2,(H,25,29)(H,26,27,28). The zero-order valence-corrected chi connectivity index (χ0v) is 15.6. The average molecular weight is 403 g/mol. The monoisotopic (exact) mass is 403 g/mol. The van der Waals surface area contributed by atoms with Crippen molar-refractivity contribution in [1.82, 2.24) is 15.3 Å². The Morgan fingerprint density at radius 3 is 2.69 bits per heavy atom. The highest BCUT2D eigenvalue weighted by molar-refractivity contribution is 5.95. The lowest BCUT2D eigenvalue weighted by atomic mass is 9.89. The number of rotatable bonds is 5. The summed E-state index contributed by atoms with van der Waals surface area (Å²) in [6.45, 7) is 0.344. The Morgan fingerprint density at radius 1 is 1.24 bits per heavy atom. The average Bonchev–Trinajstić information content (AvgIpc) is 2.72. The Bertz CT molecular complexity index is 917. The first-order chi connectivity index (χ1) is 13.9. The molecule has 29 heavy (non-hydrogen) atoms. The number of amides is 1. The molecule has 0 unspecified atom stereocenters. The lowest BCUT2D eigenvalue weighted by Gasteiger charge is -2.22. The van der Waals surface area contributed by atoms with Crippen LogP contribution in [-0.2, 0) is 6.18 Å². The van der Waals surface area contributed by atoms with Crippen LogP contribution in [0.3, 0.4) is 0 Å². The van der Waals surface area contributed by atoms with Crippen LogP contribution in [0.2, 0.25) is 0 Å². The third-order valence-electron chi connectivity index (χ3n) is 4.83. The number of carbonyl (C=O) groups excluding carboxylic acids is 1. The zero-order chi connectivity index (χ0) is 20.9. The second-order valence-electron chi connectivity index (χ2n) is 6.99. The van der Waals surface area contributed by atoms with Gasteiger partial charge in [-0.25, -0.2) is 9.97 Å². The van der Waals surface area contributed by atoms with E-state index in [1.165, 1.54) is 6.07 Å². The van der Waals surface area contributed by atoms with E-state index >= 15 is 0 Å². The van der Waals surface area contributed by atoms with Crippen LogP contribution < -0.4 is 10.6 Å². The van der Waals surface area contributed by atoms with E-state index in [2.05, 4.69) is 20.6 Å². The summed E-state index contributed by atoms with van der Waals surface area (Å²) in [5, 5.41) is 14.1. The van der Waals surface area contributed by atoms with Gasteiger partial charge in [-0.3, -0.25) is 4.79 Å². The molecule has 0 spiro atoms. The minimum absolute atomic E-state index is 0.288. The van der Waals surface area contributed by atoms with Crippen molar-refractivity contribution in [2.24, 2.45) is 5.92 Å². The maximum absolute atomic E-state index is 13.5. The van der Waals surface area contributed by atoms with E-state index in [1.807, 2.05) is 6.07 Å². The molecule has 0 aliphatic heterocycles. The summed E-state index contributed by atoms with van der Waals surface area (Å²) in [5.41, 5.74) is -1.20. The van der Waals surface area contributed by atoms with Crippen LogP contribution in [0.1, 0.15) is 53.7 Å². The first kappa shape index (κ1) is 20.6. The van der Waals surface area contributed by atoms with E-state index in [-0.39, 0.29) is 11.9 Å². The number of halogens is 3. The van der Waals surface area contributed by atoms with Gasteiger partial charge in [0.15, 0.2) is 5.69 Å². The molecule has 1 saturated carbocycles. The topological polar surface area (TPSA) is 90.7 Å². The van der Waals surface area contributed by atoms with Gasteiger partial charge in [-0.05, 0) is 37.0 Å². The summed E-state index contributed by atoms with van der Waals surface area (Å²) in [4.78, 5) is 19.7. The molecule has 0 bridgehead atoms. The van der Waals surface area contributed by atoms with E-state index in [9.17, 15) is 18.0 Å². The molecule has 2 N–H and O–H groups in total. The van der Waals surface area contributed by atoms with Crippen LogP contribution >= 0.6 is 0 Å². The molecule has 1 aliphatic rings. The third-order valence-corrected chi connectivity index (χ3v) is 4.83. The van der Waals surface area contributed by atoms with Gasteiger partial charge in [-0.15, -0.1) is 0 Å². The van der Waals surface area contributed by atoms with Gasteiger partial charge in [-0.1, -0.05) is 25.3 Å². The molecule has 1 amide bonds. The van der Waals surface area contributed by atoms with Gasteiger partial charge in [0, 0.05) is 18.4 Å². The molecule has 2 aromatic rings. The number of benzene rings is 1. The normalized spacial score (nSPS) is 14.8. The fourth-order valence-electron chi connectivity index (χ4n) is 3.34. The van der Waals surface area contributed by atoms with Gasteiger partial charge in [0.25, 0.3) is 5.91 Å². The van der Waals surface area contributed by atoms with Gasteiger partial charge in [0.2, 0.25) is 5.95 Å². The summed E-state index contributed by atoms with van der Waals surface area (Å²) in [6.07, 6.45) is 1.30. The van der Waals surface area contributed by atoms with Crippen LogP contribution in [0, 0.1) is 17.2 Å². The third kappa shape index (κ3) is 5.44. The van der Waals surface area contributed by atoms with Gasteiger partial charge >= 0.3 is 6.18 Å². The molecule has 3 rings (SSSR count). The van der Waals surface area contributed by atoms with Crippen molar-refractivity contribution < 1.29 is 18.0 Å². The largest absolute Gasteiger partial charge is 0.434 e. The minimum Gasteiger partial charge on any atom is -0.352 e. The fourth-order valence-corrected chi connectivity index (χ4v) is 3.34. The van der Waals surface area contributed by atoms with E-state index in [4.69, 9.17) is 5.26 Å². The van der Waals surface area contributed by atoms with Gasteiger partial charge in [-0.2, -0.15) is 18.4 Å². The fraction of sp³-hybridized carbons (Fsp3) is 0.400. The summed E-state index contributed by atoms with van der Waals surface area (Å²) in [5.74, 6) is -0.853. The molecular formula is C20H20F3N5O. The second-order valence-corrected chi connectivity index (χ2v) is 6.99. The van der Waals surface area contributed by atoms with Crippen molar-refractivity contribution in [3.05, 3.63) is 47.3 Å². The number of anilines is 2. The number of nitrogens with one attached hydrogen (secondary N) is 2. The molecule has 152 valence electrons. The molecule has 1 aliphatic carbocycles. The SMILES string of the molecule is N#Cc1cccc(Nc2ncc(C(=O)NCC3CCCCC3)c(C(F)(F)F)n2)c1. The molecular weight excluding hydrogens is 383 g/mol. The molecule has 0 radical (unpaired) electrons. The predicted octanol–water partition coefficient (Wildman–Crippen LogP) is 4.42. The number of nitrogens with zero attached hydrogens (tertiary/aromatic N) is 3. The van der Waals surface area contributed by atoms with Crippen molar-refractivity contribution in [2.45, 2.75) is 38.3 Å². The lowest BCUT2D eigenvalue weighted by Crippen LogP contribution is -2.32. The maximum atomic E-state index is 13.5. The Labute approximate surface area is 166 Å². The van der Waals surface area contributed by atoms with E-state index in [0.717, 1.165) is 38.3 Å². The smallest absolute Gasteiger partial charge is 0.352 e. The van der Waals surface area contributed by atoms with Crippen molar-refractivity contribution in [1.29, 1.82) is 5.26 Å². The van der Waals surface area contributed by atoms with Gasteiger partial charge < -0.3 is 10.6 Å². The first-order valence-electron chi connectivity index (χ1n) is 9.36. The molecule has 1 aromatic carbocycles. The number of hydrogen-bond acceptors (Lipinski definition) is 5. The number of alkyl halides is 3. The summed E-state index contributed by atoms with van der Waals surface area (Å²) in [7, 11) is 0. The highest BCUT2D eigenvalue weighted by atomic mass is 19.4. The van der Waals surface area contributed by atoms with Gasteiger partial charge in [0.05, 0.1) is 17.2 Å². The Kier molecular flexibility index (Phi) is 6.32. The van der Waals surface area contributed by atoms with Crippen LogP contribution in [-0.4, -0.2) is 22.4 Å². The summed E-state index contributed by atoms with van der Waals surface area (Å²) >= 11 is 0. The molecule has 0 saturated heterocycles. The maximum Gasteiger partial charge on any atom is 0.434 e. The molecule has 1 aromatic heterocycles. The van der Waals surface area contributed by atoms with E-state index in [0.29, 0.717) is 17.8 Å². The number of hydrogen-bond donors (Lipinski definition) is 2. The quantitative estimate of drug-likeness (QED) is 0.771. The van der Waals surface area contributed by atoms with Crippen LogP contribution in [0.4, 0.5) is 24.8 Å². The zero-order valence-electron chi connectivity index (χ0n) is 15.6. The van der Waals surface area contributed by atoms with E-state index in [1.54, 1.807) is 18.2 Å². The lowest BCUT2D eigenvalue weighted by molar-refractivity contribution is -0.141. The summed E-state index contributed by atoms with van der Waals surface area (Å²) in [6, 6.07) is 8.12. The van der Waals surface area contributed by atoms with Crippen molar-refractivity contribution in [3.8, 4) is 6.07 Å². The molecule has 6 nitrogen and oxygen atoms in total. The van der Waals surface area contributed by atoms with Crippen LogP contribution in [0.5, 0.6) is 0 Å². The summed E-state index contributed by atoms with van der Waals surface area (Å²) < 4.78 is 40.5. The van der Waals surface area contributed by atoms with E-state index < -0.39 is 23.3 Å². The number of aromatic nitrogens is 2. The molecule has 9 heteroatoms. The number of carbonyl (C=O) groups is 1. The predicted molar refractivity (Wildman–Crippen MR) is 100 cm³/mol. The van der Waals surface area contributed by atoms with Crippen molar-refractivity contribution in [3.63, 3.8) is 0 Å². The van der Waals surface area contributed by atoms with Crippen LogP contribution in [0.15, 0.2) is 30.5 Å². The Hall–Kier alpha value is -3.15. The Morgan fingerprint density at radius 2 is 2.00 bits per heavy atom. The molecule has 1 heterocycles. The molecule has 1 fully saturated rings. The molecule has 0 atom stereocenters. The number of nitriles is 1. The highest BCUT2D eigenvalue weighted by Gasteiger charge is 2.38. The van der Waals surface area contributed by atoms with Crippen molar-refractivity contribution in [2.75, 3.05) is 11.9 Å². The minimum atomic E-state index is -4.81. The first-order valence-corrected chi connectivity index (χ1v) is 9.36. The van der Waals surface area contributed by atoms with Crippen molar-refractivity contribution >= 4 is 17.5 Å². The Balaban J connectivity index is 1.78.